The lowest BCUT2D eigenvalue weighted by Gasteiger charge is -2.27. The minimum atomic E-state index is -0.474. The number of nitrogens with zero attached hydrogens (tertiary/aromatic N) is 3. The van der Waals surface area contributed by atoms with Crippen molar-refractivity contribution in [2.24, 2.45) is 23.5 Å². The Bertz CT molecular complexity index is 684. The van der Waals surface area contributed by atoms with E-state index in [9.17, 15) is 4.79 Å². The van der Waals surface area contributed by atoms with Gasteiger partial charge >= 0.3 is 5.97 Å². The van der Waals surface area contributed by atoms with Crippen molar-refractivity contribution in [1.29, 1.82) is 0 Å². The summed E-state index contributed by atoms with van der Waals surface area (Å²) in [6.07, 6.45) is 6.35. The standard InChI is InChI=1S/C16H23N5O2/c1-4-6-11-13(16(22)23-5-2)12(10(9-17)14(18)20-11)15-19-7-8-21(15)3/h7-9,12H,4-6,17H2,1-3H3,(H2,18,20)/b10-9-. The number of hydrogen-bond acceptors (Lipinski definition) is 6. The van der Waals surface area contributed by atoms with Crippen LogP contribution in [0.1, 0.15) is 38.4 Å². The molecular weight excluding hydrogens is 294 g/mol. The zero-order valence-electron chi connectivity index (χ0n) is 13.7. The van der Waals surface area contributed by atoms with E-state index in [1.807, 2.05) is 24.7 Å². The SMILES string of the molecule is CCCC1=C(C(=O)OCC)C(c2nccn2C)/C(=C/N)C(N)=N1. The fraction of sp³-hybridized carbons (Fsp3) is 0.438. The van der Waals surface area contributed by atoms with Gasteiger partial charge in [0.15, 0.2) is 0 Å². The molecule has 0 aliphatic carbocycles. The Morgan fingerprint density at radius 3 is 2.74 bits per heavy atom. The van der Waals surface area contributed by atoms with Crippen molar-refractivity contribution in [2.45, 2.75) is 32.6 Å². The van der Waals surface area contributed by atoms with Gasteiger partial charge in [0.2, 0.25) is 0 Å². The van der Waals surface area contributed by atoms with E-state index in [0.29, 0.717) is 34.9 Å². The molecule has 2 heterocycles. The highest BCUT2D eigenvalue weighted by Crippen LogP contribution is 2.38. The summed E-state index contributed by atoms with van der Waals surface area (Å²) in [6.45, 7) is 4.08. The largest absolute Gasteiger partial charge is 0.463 e. The van der Waals surface area contributed by atoms with Crippen LogP contribution in [-0.2, 0) is 16.6 Å². The third-order valence-electron chi connectivity index (χ3n) is 3.74. The molecule has 0 radical (unpaired) electrons. The van der Waals surface area contributed by atoms with Crippen LogP contribution >= 0.6 is 0 Å². The number of imidazole rings is 1. The first-order chi connectivity index (χ1) is 11.0. The third-order valence-corrected chi connectivity index (χ3v) is 3.74. The Morgan fingerprint density at radius 2 is 2.22 bits per heavy atom. The number of nitrogens with two attached hydrogens (primary N) is 2. The quantitative estimate of drug-likeness (QED) is 0.796. The molecule has 0 aromatic carbocycles. The van der Waals surface area contributed by atoms with Crippen LogP contribution in [0, 0.1) is 0 Å². The molecule has 0 bridgehead atoms. The first kappa shape index (κ1) is 16.8. The first-order valence-corrected chi connectivity index (χ1v) is 7.68. The average molecular weight is 317 g/mol. The minimum absolute atomic E-state index is 0.288. The molecule has 0 spiro atoms. The lowest BCUT2D eigenvalue weighted by molar-refractivity contribution is -0.138. The summed E-state index contributed by atoms with van der Waals surface area (Å²) in [5.74, 6) is 0.117. The maximum Gasteiger partial charge on any atom is 0.336 e. The first-order valence-electron chi connectivity index (χ1n) is 7.68. The highest BCUT2D eigenvalue weighted by molar-refractivity contribution is 6.05. The van der Waals surface area contributed by atoms with Crippen molar-refractivity contribution < 1.29 is 9.53 Å². The predicted molar refractivity (Wildman–Crippen MR) is 88.4 cm³/mol. The number of carbonyl (C=O) groups excluding carboxylic acids is 1. The van der Waals surface area contributed by atoms with Crippen LogP contribution in [0.25, 0.3) is 0 Å². The van der Waals surface area contributed by atoms with Crippen LogP contribution in [0.2, 0.25) is 0 Å². The van der Waals surface area contributed by atoms with Gasteiger partial charge in [-0.1, -0.05) is 13.3 Å². The minimum Gasteiger partial charge on any atom is -0.463 e. The Hall–Kier alpha value is -2.57. The highest BCUT2D eigenvalue weighted by Gasteiger charge is 2.37. The smallest absolute Gasteiger partial charge is 0.336 e. The zero-order chi connectivity index (χ0) is 17.0. The highest BCUT2D eigenvalue weighted by atomic mass is 16.5. The summed E-state index contributed by atoms with van der Waals surface area (Å²) in [6, 6.07) is 0. The molecular formula is C16H23N5O2. The van der Waals surface area contributed by atoms with E-state index in [-0.39, 0.29) is 6.61 Å². The molecule has 0 saturated heterocycles. The van der Waals surface area contributed by atoms with Gasteiger partial charge in [0.25, 0.3) is 0 Å². The van der Waals surface area contributed by atoms with E-state index in [1.165, 1.54) is 6.20 Å². The number of allylic oxidation sites excluding steroid dienone is 1. The van der Waals surface area contributed by atoms with E-state index in [4.69, 9.17) is 16.2 Å². The number of aryl methyl sites for hydroxylation is 1. The molecule has 0 saturated carbocycles. The fourth-order valence-electron chi connectivity index (χ4n) is 2.72. The maximum absolute atomic E-state index is 12.6. The van der Waals surface area contributed by atoms with Crippen molar-refractivity contribution in [3.8, 4) is 0 Å². The molecule has 1 atom stereocenters. The predicted octanol–water partition coefficient (Wildman–Crippen LogP) is 1.33. The van der Waals surface area contributed by atoms with Crippen molar-refractivity contribution >= 4 is 11.8 Å². The van der Waals surface area contributed by atoms with Gasteiger partial charge in [-0.05, 0) is 13.3 Å². The molecule has 124 valence electrons. The van der Waals surface area contributed by atoms with E-state index in [2.05, 4.69) is 9.98 Å². The fourth-order valence-corrected chi connectivity index (χ4v) is 2.72. The van der Waals surface area contributed by atoms with Crippen molar-refractivity contribution in [3.63, 3.8) is 0 Å². The van der Waals surface area contributed by atoms with Crippen molar-refractivity contribution in [3.05, 3.63) is 41.3 Å². The molecule has 4 N–H and O–H groups in total. The summed E-state index contributed by atoms with van der Waals surface area (Å²) in [5, 5.41) is 0. The maximum atomic E-state index is 12.6. The average Bonchev–Trinajstić information content (AvgIpc) is 2.93. The van der Waals surface area contributed by atoms with Gasteiger partial charge in [-0.25, -0.2) is 14.8 Å². The van der Waals surface area contributed by atoms with Gasteiger partial charge in [-0.15, -0.1) is 0 Å². The van der Waals surface area contributed by atoms with Crippen LogP contribution in [0.4, 0.5) is 0 Å². The molecule has 2 rings (SSSR count). The molecule has 0 amide bonds. The second kappa shape index (κ2) is 7.13. The third kappa shape index (κ3) is 3.13. The van der Waals surface area contributed by atoms with Gasteiger partial charge in [0.1, 0.15) is 11.7 Å². The Kier molecular flexibility index (Phi) is 5.20. The van der Waals surface area contributed by atoms with Crippen LogP contribution in [-0.4, -0.2) is 28.0 Å². The van der Waals surface area contributed by atoms with E-state index >= 15 is 0 Å². The number of ether oxygens (including phenoxy) is 1. The van der Waals surface area contributed by atoms with Gasteiger partial charge < -0.3 is 20.8 Å². The number of carbonyl (C=O) groups is 1. The van der Waals surface area contributed by atoms with Gasteiger partial charge in [0, 0.05) is 31.2 Å². The van der Waals surface area contributed by atoms with Crippen LogP contribution in [0.5, 0.6) is 0 Å². The molecule has 1 aromatic heterocycles. The van der Waals surface area contributed by atoms with Crippen LogP contribution in [0.3, 0.4) is 0 Å². The molecule has 1 aliphatic heterocycles. The van der Waals surface area contributed by atoms with Crippen molar-refractivity contribution in [2.75, 3.05) is 6.61 Å². The van der Waals surface area contributed by atoms with Crippen LogP contribution < -0.4 is 11.5 Å². The van der Waals surface area contributed by atoms with E-state index in [1.54, 1.807) is 13.1 Å². The normalized spacial score (nSPS) is 19.9. The van der Waals surface area contributed by atoms with E-state index < -0.39 is 11.9 Å². The zero-order valence-corrected chi connectivity index (χ0v) is 13.7. The second-order valence-corrected chi connectivity index (χ2v) is 5.28. The summed E-state index contributed by atoms with van der Waals surface area (Å²) in [4.78, 5) is 21.3. The second-order valence-electron chi connectivity index (χ2n) is 5.28. The number of rotatable bonds is 5. The van der Waals surface area contributed by atoms with Gasteiger partial charge in [-0.3, -0.25) is 0 Å². The summed E-state index contributed by atoms with van der Waals surface area (Å²) in [7, 11) is 1.86. The molecule has 0 fully saturated rings. The molecule has 23 heavy (non-hydrogen) atoms. The summed E-state index contributed by atoms with van der Waals surface area (Å²) >= 11 is 0. The Labute approximate surface area is 135 Å². The molecule has 1 unspecified atom stereocenters. The van der Waals surface area contributed by atoms with E-state index in [0.717, 1.165) is 6.42 Å². The number of aliphatic imine (C=N–C) groups is 1. The van der Waals surface area contributed by atoms with Crippen LogP contribution in [0.15, 0.2) is 40.4 Å². The Balaban J connectivity index is 2.67. The lowest BCUT2D eigenvalue weighted by Crippen LogP contribution is -2.31. The number of amidine groups is 1. The number of aromatic nitrogens is 2. The van der Waals surface area contributed by atoms with Gasteiger partial charge in [0.05, 0.1) is 23.8 Å². The molecule has 1 aromatic rings. The molecule has 1 aliphatic rings. The summed E-state index contributed by atoms with van der Waals surface area (Å²) in [5.41, 5.74) is 13.5. The molecule has 7 heteroatoms. The molecule has 7 nitrogen and oxygen atoms in total. The lowest BCUT2D eigenvalue weighted by atomic mass is 9.85. The summed E-state index contributed by atoms with van der Waals surface area (Å²) < 4.78 is 7.09. The monoisotopic (exact) mass is 317 g/mol. The number of hydrogen-bond donors (Lipinski definition) is 2. The Morgan fingerprint density at radius 1 is 1.48 bits per heavy atom. The van der Waals surface area contributed by atoms with Crippen molar-refractivity contribution in [1.82, 2.24) is 9.55 Å². The van der Waals surface area contributed by atoms with Gasteiger partial charge in [-0.2, -0.15) is 0 Å². The number of esters is 1. The topological polar surface area (TPSA) is 109 Å².